The van der Waals surface area contributed by atoms with E-state index in [1.165, 1.54) is 16.8 Å². The molecule has 1 aromatic heterocycles. The topological polar surface area (TPSA) is 77.1 Å². The van der Waals surface area contributed by atoms with Crippen LogP contribution in [-0.2, 0) is 11.3 Å². The van der Waals surface area contributed by atoms with E-state index in [4.69, 9.17) is 5.73 Å². The average Bonchev–Trinajstić information content (AvgIpc) is 2.11. The van der Waals surface area contributed by atoms with Crippen LogP contribution in [0.25, 0.3) is 0 Å². The van der Waals surface area contributed by atoms with Crippen molar-refractivity contribution in [2.45, 2.75) is 26.4 Å². The summed E-state index contributed by atoms with van der Waals surface area (Å²) in [5, 5.41) is 2.70. The Morgan fingerprint density at radius 1 is 1.62 bits per heavy atom. The van der Waals surface area contributed by atoms with E-state index in [0.29, 0.717) is 10.2 Å². The fourth-order valence-electron chi connectivity index (χ4n) is 1.26. The summed E-state index contributed by atoms with van der Waals surface area (Å²) in [5.41, 5.74) is 5.75. The van der Waals surface area contributed by atoms with Gasteiger partial charge in [-0.3, -0.25) is 9.59 Å². The predicted octanol–water partition coefficient (Wildman–Crippen LogP) is 0.718. The number of nitrogens with one attached hydrogen (secondary N) is 1. The number of nitrogens with zero attached hydrogens (tertiary/aromatic N) is 1. The molecule has 88 valence electrons. The highest BCUT2D eigenvalue weighted by molar-refractivity contribution is 9.10. The first-order chi connectivity index (χ1) is 7.40. The number of carbonyl (C=O) groups excluding carboxylic acids is 1. The van der Waals surface area contributed by atoms with Crippen LogP contribution < -0.4 is 16.6 Å². The summed E-state index contributed by atoms with van der Waals surface area (Å²) in [4.78, 5) is 23.1. The van der Waals surface area contributed by atoms with Gasteiger partial charge in [0, 0.05) is 17.9 Å². The molecule has 3 N–H and O–H groups in total. The molecule has 16 heavy (non-hydrogen) atoms. The van der Waals surface area contributed by atoms with Crippen molar-refractivity contribution in [2.24, 2.45) is 0 Å². The van der Waals surface area contributed by atoms with Crippen molar-refractivity contribution < 1.29 is 4.79 Å². The fraction of sp³-hybridized carbons (Fsp3) is 0.400. The largest absolute Gasteiger partial charge is 0.398 e. The fourth-order valence-corrected chi connectivity index (χ4v) is 1.75. The monoisotopic (exact) mass is 287 g/mol. The quantitative estimate of drug-likeness (QED) is 0.860. The van der Waals surface area contributed by atoms with Crippen molar-refractivity contribution in [3.8, 4) is 0 Å². The molecule has 0 fully saturated rings. The number of nitrogen functional groups attached to an aromatic ring is 1. The zero-order valence-electron chi connectivity index (χ0n) is 9.16. The smallest absolute Gasteiger partial charge is 0.265 e. The summed E-state index contributed by atoms with van der Waals surface area (Å²) >= 11 is 3.09. The van der Waals surface area contributed by atoms with Gasteiger partial charge in [0.05, 0.1) is 4.47 Å². The molecule has 0 unspecified atom stereocenters. The molecule has 0 atom stereocenters. The Kier molecular flexibility index (Phi) is 4.12. The Balaban J connectivity index is 2.89. The molecule has 1 amide bonds. The Morgan fingerprint density at radius 3 is 2.81 bits per heavy atom. The lowest BCUT2D eigenvalue weighted by molar-refractivity contribution is -0.122. The lowest BCUT2D eigenvalue weighted by Gasteiger charge is -2.10. The summed E-state index contributed by atoms with van der Waals surface area (Å²) in [5.74, 6) is -0.213. The molecule has 0 bridgehead atoms. The number of aromatic nitrogens is 1. The minimum absolute atomic E-state index is 0.0271. The van der Waals surface area contributed by atoms with Crippen LogP contribution in [-0.4, -0.2) is 16.5 Å². The van der Waals surface area contributed by atoms with Crippen molar-refractivity contribution in [1.29, 1.82) is 0 Å². The summed E-state index contributed by atoms with van der Waals surface area (Å²) in [6, 6.07) is 1.56. The second-order valence-corrected chi connectivity index (χ2v) is 4.63. The van der Waals surface area contributed by atoms with Gasteiger partial charge in [0.1, 0.15) is 6.54 Å². The normalized spacial score (nSPS) is 10.5. The Hall–Kier alpha value is -1.30. The highest BCUT2D eigenvalue weighted by atomic mass is 79.9. The van der Waals surface area contributed by atoms with Crippen molar-refractivity contribution in [1.82, 2.24) is 9.88 Å². The number of nitrogens with two attached hydrogens (primary N) is 1. The van der Waals surface area contributed by atoms with Crippen LogP contribution in [0.2, 0.25) is 0 Å². The van der Waals surface area contributed by atoms with Gasteiger partial charge < -0.3 is 15.6 Å². The maximum Gasteiger partial charge on any atom is 0.265 e. The van der Waals surface area contributed by atoms with E-state index in [0.717, 1.165) is 0 Å². The molecule has 0 radical (unpaired) electrons. The predicted molar refractivity (Wildman–Crippen MR) is 66.1 cm³/mol. The summed E-state index contributed by atoms with van der Waals surface area (Å²) in [7, 11) is 0. The van der Waals surface area contributed by atoms with Crippen LogP contribution in [0.3, 0.4) is 0 Å². The van der Waals surface area contributed by atoms with Gasteiger partial charge in [0.25, 0.3) is 5.56 Å². The van der Waals surface area contributed by atoms with E-state index < -0.39 is 0 Å². The van der Waals surface area contributed by atoms with Crippen LogP contribution >= 0.6 is 15.9 Å². The second kappa shape index (κ2) is 5.16. The van der Waals surface area contributed by atoms with Crippen LogP contribution in [0.15, 0.2) is 21.5 Å². The van der Waals surface area contributed by atoms with E-state index in [-0.39, 0.29) is 24.1 Å². The number of hydrogen-bond donors (Lipinski definition) is 2. The maximum atomic E-state index is 11.6. The molecule has 6 heteroatoms. The minimum atomic E-state index is -0.270. The number of rotatable bonds is 3. The SMILES string of the molecule is CC(C)NC(=O)Cn1cc(N)cc(Br)c1=O. The molecule has 1 aromatic rings. The standard InChI is InChI=1S/C10H14BrN3O2/c1-6(2)13-9(15)5-14-4-7(12)3-8(11)10(14)16/h3-4,6H,5,12H2,1-2H3,(H,13,15). The molecular formula is C10H14BrN3O2. The van der Waals surface area contributed by atoms with E-state index in [9.17, 15) is 9.59 Å². The van der Waals surface area contributed by atoms with E-state index in [1.807, 2.05) is 13.8 Å². The zero-order chi connectivity index (χ0) is 12.3. The molecule has 0 aliphatic carbocycles. The third kappa shape index (κ3) is 3.37. The van der Waals surface area contributed by atoms with Crippen LogP contribution in [0.4, 0.5) is 5.69 Å². The van der Waals surface area contributed by atoms with Crippen LogP contribution in [0, 0.1) is 0 Å². The van der Waals surface area contributed by atoms with Gasteiger partial charge in [0.2, 0.25) is 5.91 Å². The zero-order valence-corrected chi connectivity index (χ0v) is 10.7. The first kappa shape index (κ1) is 12.8. The number of pyridine rings is 1. The van der Waals surface area contributed by atoms with Crippen molar-refractivity contribution in [3.63, 3.8) is 0 Å². The first-order valence-electron chi connectivity index (χ1n) is 4.85. The van der Waals surface area contributed by atoms with E-state index in [2.05, 4.69) is 21.2 Å². The molecule has 0 saturated carbocycles. The lowest BCUT2D eigenvalue weighted by Crippen LogP contribution is -2.36. The molecule has 0 spiro atoms. The number of carbonyl (C=O) groups is 1. The summed E-state index contributed by atoms with van der Waals surface area (Å²) in [6.07, 6.45) is 1.45. The van der Waals surface area contributed by atoms with Gasteiger partial charge in [0.15, 0.2) is 0 Å². The van der Waals surface area contributed by atoms with Crippen molar-refractivity contribution in [3.05, 3.63) is 27.1 Å². The Bertz CT molecular complexity index is 454. The highest BCUT2D eigenvalue weighted by Gasteiger charge is 2.08. The van der Waals surface area contributed by atoms with Gasteiger partial charge >= 0.3 is 0 Å². The van der Waals surface area contributed by atoms with Gasteiger partial charge in [-0.1, -0.05) is 0 Å². The number of hydrogen-bond acceptors (Lipinski definition) is 3. The number of halogens is 1. The summed E-state index contributed by atoms with van der Waals surface area (Å²) in [6.45, 7) is 3.69. The molecule has 0 aromatic carbocycles. The Labute approximate surface area is 102 Å². The van der Waals surface area contributed by atoms with Crippen molar-refractivity contribution in [2.75, 3.05) is 5.73 Å². The second-order valence-electron chi connectivity index (χ2n) is 3.78. The molecule has 0 saturated heterocycles. The third-order valence-corrected chi connectivity index (χ3v) is 2.40. The molecule has 1 rings (SSSR count). The van der Waals surface area contributed by atoms with E-state index >= 15 is 0 Å². The number of anilines is 1. The number of amides is 1. The summed E-state index contributed by atoms with van der Waals surface area (Å²) < 4.78 is 1.63. The Morgan fingerprint density at radius 2 is 2.25 bits per heavy atom. The van der Waals surface area contributed by atoms with Gasteiger partial charge in [-0.2, -0.15) is 0 Å². The van der Waals surface area contributed by atoms with Crippen molar-refractivity contribution >= 4 is 27.5 Å². The van der Waals surface area contributed by atoms with E-state index in [1.54, 1.807) is 0 Å². The minimum Gasteiger partial charge on any atom is -0.398 e. The molecule has 0 aliphatic rings. The highest BCUT2D eigenvalue weighted by Crippen LogP contribution is 2.07. The lowest BCUT2D eigenvalue weighted by atomic mass is 10.3. The molecule has 1 heterocycles. The molecule has 5 nitrogen and oxygen atoms in total. The van der Waals surface area contributed by atoms with Gasteiger partial charge in [-0.05, 0) is 35.8 Å². The van der Waals surface area contributed by atoms with Gasteiger partial charge in [-0.25, -0.2) is 0 Å². The van der Waals surface area contributed by atoms with Crippen LogP contribution in [0.1, 0.15) is 13.8 Å². The molecule has 0 aliphatic heterocycles. The van der Waals surface area contributed by atoms with Crippen LogP contribution in [0.5, 0.6) is 0 Å². The van der Waals surface area contributed by atoms with Gasteiger partial charge in [-0.15, -0.1) is 0 Å². The average molecular weight is 288 g/mol. The third-order valence-electron chi connectivity index (χ3n) is 1.83. The maximum absolute atomic E-state index is 11.6. The molecular weight excluding hydrogens is 274 g/mol. The first-order valence-corrected chi connectivity index (χ1v) is 5.64.